The Labute approximate surface area is 216 Å². The Morgan fingerprint density at radius 3 is 2.49 bits per heavy atom. The largest absolute Gasteiger partial charge is 0.413 e. The first-order chi connectivity index (χ1) is 17.3. The zero-order valence-corrected chi connectivity index (χ0v) is 22.7. The minimum absolute atomic E-state index is 0.0467. The van der Waals surface area contributed by atoms with Crippen LogP contribution in [0.2, 0.25) is 18.1 Å². The van der Waals surface area contributed by atoms with Crippen LogP contribution in [0.5, 0.6) is 0 Å². The van der Waals surface area contributed by atoms with Crippen molar-refractivity contribution < 1.29 is 28.0 Å². The second kappa shape index (κ2) is 9.83. The number of carbonyl (C=O) groups is 4. The van der Waals surface area contributed by atoms with E-state index in [2.05, 4.69) is 44.5 Å². The maximum atomic E-state index is 14.9. The van der Waals surface area contributed by atoms with E-state index in [9.17, 15) is 23.6 Å². The summed E-state index contributed by atoms with van der Waals surface area (Å²) in [6.45, 7) is 11.2. The molecule has 2 aliphatic rings. The Balaban J connectivity index is 1.47. The van der Waals surface area contributed by atoms with Gasteiger partial charge in [-0.1, -0.05) is 39.0 Å². The Hall–Kier alpha value is -3.37. The number of fused-ring (bicyclic) bond motifs is 1. The first kappa shape index (κ1) is 26.7. The standard InChI is InChI=1S/C27H32FN3O5Si/c1-27(2,3)37(4,5)36-15-16-9-10-17(19(28)13-16)14-29-20-8-6-7-18-23(20)26(35)31(25(18)34)21-11-12-22(32)30-24(21)33/h6-10,13,21,29H,11-12,14-15H2,1-5H3,(H,30,32,33). The average Bonchev–Trinajstić information content (AvgIpc) is 3.07. The number of imide groups is 2. The zero-order chi connectivity index (χ0) is 27.1. The van der Waals surface area contributed by atoms with Crippen molar-refractivity contribution in [3.63, 3.8) is 0 Å². The van der Waals surface area contributed by atoms with Crippen molar-refractivity contribution in [3.05, 3.63) is 64.5 Å². The van der Waals surface area contributed by atoms with Gasteiger partial charge in [-0.15, -0.1) is 0 Å². The molecule has 2 heterocycles. The summed E-state index contributed by atoms with van der Waals surface area (Å²) in [4.78, 5) is 50.9. The second-order valence-electron chi connectivity index (χ2n) is 11.0. The molecule has 0 aliphatic carbocycles. The van der Waals surface area contributed by atoms with E-state index in [0.29, 0.717) is 17.9 Å². The van der Waals surface area contributed by atoms with Crippen molar-refractivity contribution >= 4 is 37.6 Å². The van der Waals surface area contributed by atoms with Gasteiger partial charge < -0.3 is 9.74 Å². The van der Waals surface area contributed by atoms with Crippen LogP contribution in [-0.4, -0.2) is 42.9 Å². The minimum atomic E-state index is -1.97. The number of piperidine rings is 1. The van der Waals surface area contributed by atoms with E-state index in [1.807, 2.05) is 6.07 Å². The lowest BCUT2D eigenvalue weighted by atomic mass is 10.0. The van der Waals surface area contributed by atoms with Crippen LogP contribution >= 0.6 is 0 Å². The number of nitrogens with zero attached hydrogens (tertiary/aromatic N) is 1. The van der Waals surface area contributed by atoms with E-state index in [4.69, 9.17) is 4.43 Å². The minimum Gasteiger partial charge on any atom is -0.413 e. The predicted octanol–water partition coefficient (Wildman–Crippen LogP) is 4.36. The lowest BCUT2D eigenvalue weighted by molar-refractivity contribution is -0.136. The van der Waals surface area contributed by atoms with Crippen LogP contribution in [0.3, 0.4) is 0 Å². The summed E-state index contributed by atoms with van der Waals surface area (Å²) in [6, 6.07) is 8.69. The van der Waals surface area contributed by atoms with E-state index in [1.165, 1.54) is 12.1 Å². The van der Waals surface area contributed by atoms with Crippen molar-refractivity contribution in [1.29, 1.82) is 0 Å². The fourth-order valence-electron chi connectivity index (χ4n) is 4.16. The van der Waals surface area contributed by atoms with Crippen molar-refractivity contribution in [2.45, 2.75) is 70.9 Å². The molecule has 1 fully saturated rings. The topological polar surface area (TPSA) is 105 Å². The second-order valence-corrected chi connectivity index (χ2v) is 15.8. The highest BCUT2D eigenvalue weighted by Crippen LogP contribution is 2.37. The van der Waals surface area contributed by atoms with Gasteiger partial charge in [-0.2, -0.15) is 0 Å². The first-order valence-electron chi connectivity index (χ1n) is 12.3. The molecule has 0 bridgehead atoms. The molecule has 0 spiro atoms. The van der Waals surface area contributed by atoms with E-state index in [0.717, 1.165) is 10.5 Å². The van der Waals surface area contributed by atoms with E-state index in [1.54, 1.807) is 18.2 Å². The molecule has 10 heteroatoms. The van der Waals surface area contributed by atoms with Crippen LogP contribution < -0.4 is 10.6 Å². The van der Waals surface area contributed by atoms with Gasteiger partial charge in [0.2, 0.25) is 11.8 Å². The van der Waals surface area contributed by atoms with Gasteiger partial charge >= 0.3 is 0 Å². The molecule has 0 radical (unpaired) electrons. The third kappa shape index (κ3) is 5.21. The third-order valence-electron chi connectivity index (χ3n) is 7.46. The predicted molar refractivity (Wildman–Crippen MR) is 139 cm³/mol. The highest BCUT2D eigenvalue weighted by atomic mass is 28.4. The number of rotatable bonds is 7. The van der Waals surface area contributed by atoms with Gasteiger partial charge in [-0.25, -0.2) is 4.39 Å². The fraction of sp³-hybridized carbons (Fsp3) is 0.407. The van der Waals surface area contributed by atoms with Gasteiger partial charge in [0.1, 0.15) is 11.9 Å². The Morgan fingerprint density at radius 2 is 1.84 bits per heavy atom. The van der Waals surface area contributed by atoms with Crippen molar-refractivity contribution in [2.75, 3.05) is 5.32 Å². The summed E-state index contributed by atoms with van der Waals surface area (Å²) in [6.07, 6.45) is 0.126. The van der Waals surface area contributed by atoms with Gasteiger partial charge in [0.15, 0.2) is 8.32 Å². The van der Waals surface area contributed by atoms with E-state index < -0.39 is 43.8 Å². The zero-order valence-electron chi connectivity index (χ0n) is 21.7. The molecule has 0 aromatic heterocycles. The molecule has 1 unspecified atom stereocenters. The van der Waals surface area contributed by atoms with Crippen LogP contribution in [0.1, 0.15) is 65.5 Å². The molecule has 2 N–H and O–H groups in total. The molecule has 2 aromatic rings. The van der Waals surface area contributed by atoms with Crippen LogP contribution in [0.25, 0.3) is 0 Å². The Kier molecular flexibility index (Phi) is 7.09. The van der Waals surface area contributed by atoms with Crippen LogP contribution in [-0.2, 0) is 27.2 Å². The van der Waals surface area contributed by atoms with Crippen LogP contribution in [0, 0.1) is 5.82 Å². The number of amides is 4. The third-order valence-corrected chi connectivity index (χ3v) is 11.9. The lowest BCUT2D eigenvalue weighted by Crippen LogP contribution is -2.54. The van der Waals surface area contributed by atoms with E-state index in [-0.39, 0.29) is 35.6 Å². The molecular formula is C27H32FN3O5Si. The molecule has 196 valence electrons. The Bertz CT molecular complexity index is 1290. The number of carbonyl (C=O) groups excluding carboxylic acids is 4. The van der Waals surface area contributed by atoms with Gasteiger partial charge in [-0.3, -0.25) is 29.4 Å². The van der Waals surface area contributed by atoms with Crippen molar-refractivity contribution in [3.8, 4) is 0 Å². The molecule has 4 rings (SSSR count). The lowest BCUT2D eigenvalue weighted by Gasteiger charge is -2.36. The smallest absolute Gasteiger partial charge is 0.264 e. The molecule has 1 saturated heterocycles. The van der Waals surface area contributed by atoms with Crippen LogP contribution in [0.15, 0.2) is 36.4 Å². The molecule has 1 atom stereocenters. The molecule has 4 amide bonds. The molecule has 2 aromatic carbocycles. The van der Waals surface area contributed by atoms with Crippen molar-refractivity contribution in [2.24, 2.45) is 0 Å². The normalized spacial score (nSPS) is 18.2. The highest BCUT2D eigenvalue weighted by Gasteiger charge is 2.45. The van der Waals surface area contributed by atoms with E-state index >= 15 is 0 Å². The molecule has 37 heavy (non-hydrogen) atoms. The van der Waals surface area contributed by atoms with Gasteiger partial charge in [0.05, 0.1) is 17.7 Å². The van der Waals surface area contributed by atoms with Gasteiger partial charge in [0, 0.05) is 24.2 Å². The SMILES string of the molecule is CC(C)(C)[Si](C)(C)OCc1ccc(CNc2cccc3c2C(=O)N(C2CCC(=O)NC2=O)C3=O)c(F)c1. The summed E-state index contributed by atoms with van der Waals surface area (Å²) < 4.78 is 21.1. The highest BCUT2D eigenvalue weighted by molar-refractivity contribution is 6.74. The maximum absolute atomic E-state index is 14.9. The first-order valence-corrected chi connectivity index (χ1v) is 15.2. The van der Waals surface area contributed by atoms with Gasteiger partial charge in [-0.05, 0) is 48.3 Å². The Morgan fingerprint density at radius 1 is 1.11 bits per heavy atom. The fourth-order valence-corrected chi connectivity index (χ4v) is 5.12. The summed E-state index contributed by atoms with van der Waals surface area (Å²) in [5.74, 6) is -2.70. The summed E-state index contributed by atoms with van der Waals surface area (Å²) in [5.41, 5.74) is 1.81. The molecule has 8 nitrogen and oxygen atoms in total. The van der Waals surface area contributed by atoms with Crippen molar-refractivity contribution in [1.82, 2.24) is 10.2 Å². The van der Waals surface area contributed by atoms with Crippen LogP contribution in [0.4, 0.5) is 10.1 Å². The number of nitrogens with one attached hydrogen (secondary N) is 2. The number of benzene rings is 2. The number of anilines is 1. The number of hydrogen-bond acceptors (Lipinski definition) is 6. The molecule has 2 aliphatic heterocycles. The monoisotopic (exact) mass is 525 g/mol. The van der Waals surface area contributed by atoms with Gasteiger partial charge in [0.25, 0.3) is 11.8 Å². The number of halogens is 1. The number of hydrogen-bond donors (Lipinski definition) is 2. The average molecular weight is 526 g/mol. The molecule has 0 saturated carbocycles. The maximum Gasteiger partial charge on any atom is 0.264 e. The summed E-state index contributed by atoms with van der Waals surface area (Å²) in [7, 11) is -1.97. The molecular weight excluding hydrogens is 493 g/mol. The quantitative estimate of drug-likeness (QED) is 0.411. The summed E-state index contributed by atoms with van der Waals surface area (Å²) in [5, 5.41) is 5.31. The summed E-state index contributed by atoms with van der Waals surface area (Å²) >= 11 is 0.